The maximum Gasteiger partial charge on any atom is 0.000926 e. The molecule has 0 aromatic rings. The van der Waals surface area contributed by atoms with E-state index in [4.69, 9.17) is 0 Å². The molecule has 12 heavy (non-hydrogen) atoms. The lowest BCUT2D eigenvalue weighted by atomic mass is 9.77. The van der Waals surface area contributed by atoms with Crippen molar-refractivity contribution >= 4 is 0 Å². The van der Waals surface area contributed by atoms with E-state index in [2.05, 4.69) is 32.7 Å². The van der Waals surface area contributed by atoms with E-state index in [1.165, 1.54) is 25.9 Å². The fourth-order valence-corrected chi connectivity index (χ4v) is 2.54. The van der Waals surface area contributed by atoms with E-state index >= 15 is 0 Å². The summed E-state index contributed by atoms with van der Waals surface area (Å²) in [7, 11) is 2.25. The molecule has 2 unspecified atom stereocenters. The quantitative estimate of drug-likeness (QED) is 0.614. The second-order valence-corrected chi connectivity index (χ2v) is 4.63. The highest BCUT2D eigenvalue weighted by Gasteiger charge is 2.27. The zero-order valence-corrected chi connectivity index (χ0v) is 9.01. The maximum absolute atomic E-state index is 2.48. The Morgan fingerprint density at radius 1 is 1.42 bits per heavy atom. The summed E-state index contributed by atoms with van der Waals surface area (Å²) >= 11 is 0. The number of nitrogens with zero attached hydrogens (tertiary/aromatic N) is 1. The average Bonchev–Trinajstić information content (AvgIpc) is 2.03. The average molecular weight is 169 g/mol. The zero-order chi connectivity index (χ0) is 9.14. The van der Waals surface area contributed by atoms with Crippen molar-refractivity contribution in [3.63, 3.8) is 0 Å². The molecule has 0 aromatic heterocycles. The van der Waals surface area contributed by atoms with Gasteiger partial charge in [0.1, 0.15) is 0 Å². The summed E-state index contributed by atoms with van der Waals surface area (Å²) < 4.78 is 0. The molecule has 2 atom stereocenters. The molecule has 1 aliphatic heterocycles. The summed E-state index contributed by atoms with van der Waals surface area (Å²) in [6.07, 6.45) is 2.76. The van der Waals surface area contributed by atoms with Gasteiger partial charge >= 0.3 is 0 Å². The summed E-state index contributed by atoms with van der Waals surface area (Å²) in [5, 5.41) is 0. The highest BCUT2D eigenvalue weighted by molar-refractivity contribution is 4.79. The minimum atomic E-state index is 0.878. The first-order valence-electron chi connectivity index (χ1n) is 5.33. The molecule has 0 radical (unpaired) electrons. The molecule has 0 amide bonds. The molecule has 1 rings (SSSR count). The first-order chi connectivity index (χ1) is 5.65. The van der Waals surface area contributed by atoms with Gasteiger partial charge in [-0.15, -0.1) is 0 Å². The lowest BCUT2D eigenvalue weighted by Crippen LogP contribution is -2.39. The molecule has 1 saturated heterocycles. The summed E-state index contributed by atoms with van der Waals surface area (Å²) in [5.74, 6) is 2.80. The van der Waals surface area contributed by atoms with Crippen molar-refractivity contribution in [1.29, 1.82) is 0 Å². The fraction of sp³-hybridized carbons (Fsp3) is 1.00. The van der Waals surface area contributed by atoms with Gasteiger partial charge in [0.25, 0.3) is 0 Å². The van der Waals surface area contributed by atoms with Gasteiger partial charge in [-0.2, -0.15) is 0 Å². The van der Waals surface area contributed by atoms with E-state index in [9.17, 15) is 0 Å². The molecule has 1 nitrogen and oxygen atoms in total. The van der Waals surface area contributed by atoms with Crippen LogP contribution in [-0.2, 0) is 0 Å². The Hall–Kier alpha value is -0.0400. The van der Waals surface area contributed by atoms with Gasteiger partial charge in [0.05, 0.1) is 0 Å². The maximum atomic E-state index is 2.48. The third-order valence-electron chi connectivity index (χ3n) is 3.38. The first-order valence-corrected chi connectivity index (χ1v) is 5.33. The SMILES string of the molecule is CCC1CN(C)CCC1C(C)C. The van der Waals surface area contributed by atoms with E-state index in [0.29, 0.717) is 0 Å². The van der Waals surface area contributed by atoms with E-state index in [0.717, 1.165) is 17.8 Å². The van der Waals surface area contributed by atoms with Crippen LogP contribution in [0.2, 0.25) is 0 Å². The molecule has 1 fully saturated rings. The lowest BCUT2D eigenvalue weighted by Gasteiger charge is -2.38. The molecule has 1 aliphatic rings. The minimum absolute atomic E-state index is 0.878. The second kappa shape index (κ2) is 4.27. The van der Waals surface area contributed by atoms with Crippen molar-refractivity contribution in [3.05, 3.63) is 0 Å². The molecule has 1 heterocycles. The van der Waals surface area contributed by atoms with Crippen LogP contribution < -0.4 is 0 Å². The number of hydrogen-bond acceptors (Lipinski definition) is 1. The van der Waals surface area contributed by atoms with Gasteiger partial charge < -0.3 is 4.90 Å². The standard InChI is InChI=1S/C11H23N/c1-5-10-8-12(4)7-6-11(10)9(2)3/h9-11H,5-8H2,1-4H3. The second-order valence-electron chi connectivity index (χ2n) is 4.63. The molecule has 0 aliphatic carbocycles. The predicted molar refractivity (Wildman–Crippen MR) is 54.2 cm³/mol. The zero-order valence-electron chi connectivity index (χ0n) is 9.01. The first kappa shape index (κ1) is 10.0. The van der Waals surface area contributed by atoms with Gasteiger partial charge in [0.15, 0.2) is 0 Å². The van der Waals surface area contributed by atoms with E-state index in [1.54, 1.807) is 0 Å². The molecular weight excluding hydrogens is 146 g/mol. The molecule has 0 spiro atoms. The molecule has 1 heteroatoms. The highest BCUT2D eigenvalue weighted by Crippen LogP contribution is 2.31. The summed E-state index contributed by atoms with van der Waals surface area (Å²) in [4.78, 5) is 2.48. The van der Waals surface area contributed by atoms with Crippen molar-refractivity contribution in [3.8, 4) is 0 Å². The monoisotopic (exact) mass is 169 g/mol. The van der Waals surface area contributed by atoms with Crippen LogP contribution in [0.3, 0.4) is 0 Å². The number of rotatable bonds is 2. The Bertz CT molecular complexity index is 131. The third kappa shape index (κ3) is 2.22. The van der Waals surface area contributed by atoms with Gasteiger partial charge in [-0.1, -0.05) is 27.2 Å². The van der Waals surface area contributed by atoms with Gasteiger partial charge in [-0.25, -0.2) is 0 Å². The van der Waals surface area contributed by atoms with Crippen LogP contribution in [0.5, 0.6) is 0 Å². The molecule has 72 valence electrons. The van der Waals surface area contributed by atoms with Gasteiger partial charge in [0.2, 0.25) is 0 Å². The van der Waals surface area contributed by atoms with E-state index in [1.807, 2.05) is 0 Å². The summed E-state index contributed by atoms with van der Waals surface area (Å²) in [5.41, 5.74) is 0. The normalized spacial score (nSPS) is 32.8. The van der Waals surface area contributed by atoms with Gasteiger partial charge in [0, 0.05) is 6.54 Å². The Morgan fingerprint density at radius 2 is 2.08 bits per heavy atom. The Labute approximate surface area is 77.1 Å². The van der Waals surface area contributed by atoms with Crippen LogP contribution in [0.4, 0.5) is 0 Å². The van der Waals surface area contributed by atoms with Crippen LogP contribution in [0, 0.1) is 17.8 Å². The van der Waals surface area contributed by atoms with Crippen LogP contribution in [0.1, 0.15) is 33.6 Å². The van der Waals surface area contributed by atoms with E-state index in [-0.39, 0.29) is 0 Å². The van der Waals surface area contributed by atoms with Crippen molar-refractivity contribution in [1.82, 2.24) is 4.90 Å². The molecular formula is C11H23N. The van der Waals surface area contributed by atoms with Crippen molar-refractivity contribution in [2.45, 2.75) is 33.6 Å². The number of hydrogen-bond donors (Lipinski definition) is 0. The lowest BCUT2D eigenvalue weighted by molar-refractivity contribution is 0.108. The fourth-order valence-electron chi connectivity index (χ4n) is 2.54. The van der Waals surface area contributed by atoms with Crippen molar-refractivity contribution < 1.29 is 0 Å². The van der Waals surface area contributed by atoms with Crippen LogP contribution in [0.25, 0.3) is 0 Å². The predicted octanol–water partition coefficient (Wildman–Crippen LogP) is 2.62. The minimum Gasteiger partial charge on any atom is -0.306 e. The molecule has 0 N–H and O–H groups in total. The van der Waals surface area contributed by atoms with Crippen molar-refractivity contribution in [2.75, 3.05) is 20.1 Å². The Balaban J connectivity index is 2.50. The molecule has 0 saturated carbocycles. The van der Waals surface area contributed by atoms with E-state index < -0.39 is 0 Å². The van der Waals surface area contributed by atoms with Gasteiger partial charge in [-0.3, -0.25) is 0 Å². The summed E-state index contributed by atoms with van der Waals surface area (Å²) in [6, 6.07) is 0. The number of likely N-dealkylation sites (tertiary alicyclic amines) is 1. The van der Waals surface area contributed by atoms with Crippen LogP contribution in [0.15, 0.2) is 0 Å². The topological polar surface area (TPSA) is 3.24 Å². The number of piperidine rings is 1. The van der Waals surface area contributed by atoms with Crippen LogP contribution in [-0.4, -0.2) is 25.0 Å². The van der Waals surface area contributed by atoms with Crippen LogP contribution >= 0.6 is 0 Å². The molecule has 0 aromatic carbocycles. The Morgan fingerprint density at radius 3 is 2.58 bits per heavy atom. The largest absolute Gasteiger partial charge is 0.306 e. The summed E-state index contributed by atoms with van der Waals surface area (Å²) in [6.45, 7) is 9.70. The van der Waals surface area contributed by atoms with Gasteiger partial charge in [-0.05, 0) is 37.8 Å². The smallest absolute Gasteiger partial charge is 0.000926 e. The molecule has 0 bridgehead atoms. The van der Waals surface area contributed by atoms with Crippen molar-refractivity contribution in [2.24, 2.45) is 17.8 Å². The Kier molecular flexibility index (Phi) is 3.57. The highest BCUT2D eigenvalue weighted by atomic mass is 15.1. The third-order valence-corrected chi connectivity index (χ3v) is 3.38.